The third-order valence-corrected chi connectivity index (χ3v) is 5.61. The molecule has 2 aromatic rings. The number of nitrogens with zero attached hydrogens (tertiary/aromatic N) is 2. The molecule has 1 aliphatic heterocycles. The third kappa shape index (κ3) is 4.15. The summed E-state index contributed by atoms with van der Waals surface area (Å²) in [6.45, 7) is 3.53. The summed E-state index contributed by atoms with van der Waals surface area (Å²) in [5.74, 6) is 0.874. The zero-order chi connectivity index (χ0) is 18.8. The maximum atomic E-state index is 12.6. The van der Waals surface area contributed by atoms with Crippen LogP contribution in [-0.4, -0.2) is 34.8 Å². The molecule has 2 heterocycles. The van der Waals surface area contributed by atoms with Gasteiger partial charge < -0.3 is 14.6 Å². The van der Waals surface area contributed by atoms with Gasteiger partial charge >= 0.3 is 11.8 Å². The van der Waals surface area contributed by atoms with E-state index in [0.717, 1.165) is 49.1 Å². The minimum absolute atomic E-state index is 0.439. The lowest BCUT2D eigenvalue weighted by Crippen LogP contribution is -2.40. The van der Waals surface area contributed by atoms with Crippen LogP contribution >= 0.6 is 0 Å². The predicted octanol–water partition coefficient (Wildman–Crippen LogP) is 4.07. The largest absolute Gasteiger partial charge is 0.440 e. The maximum Gasteiger partial charge on any atom is 0.313 e. The maximum absolute atomic E-state index is 12.6. The number of carbonyl (C=O) groups is 2. The molecule has 1 unspecified atom stereocenters. The summed E-state index contributed by atoms with van der Waals surface area (Å²) < 4.78 is 5.74. The van der Waals surface area contributed by atoms with E-state index in [0.29, 0.717) is 30.6 Å². The highest BCUT2D eigenvalue weighted by atomic mass is 16.3. The first-order chi connectivity index (χ1) is 13.1. The van der Waals surface area contributed by atoms with Gasteiger partial charge in [-0.05, 0) is 56.2 Å². The van der Waals surface area contributed by atoms with Crippen LogP contribution in [0.1, 0.15) is 63.7 Å². The summed E-state index contributed by atoms with van der Waals surface area (Å²) in [5, 5.41) is 2.73. The lowest BCUT2D eigenvalue weighted by atomic mass is 9.96. The molecule has 27 heavy (non-hydrogen) atoms. The van der Waals surface area contributed by atoms with E-state index in [4.69, 9.17) is 4.42 Å². The van der Waals surface area contributed by atoms with E-state index in [1.165, 1.54) is 12.8 Å². The Balaban J connectivity index is 1.39. The predicted molar refractivity (Wildman–Crippen MR) is 103 cm³/mol. The zero-order valence-corrected chi connectivity index (χ0v) is 15.9. The number of nitrogens with one attached hydrogen (secondary N) is 1. The van der Waals surface area contributed by atoms with Crippen LogP contribution in [0.2, 0.25) is 0 Å². The molecule has 1 saturated carbocycles. The quantitative estimate of drug-likeness (QED) is 0.824. The first-order valence-electron chi connectivity index (χ1n) is 10.1. The second-order valence-corrected chi connectivity index (χ2v) is 7.84. The summed E-state index contributed by atoms with van der Waals surface area (Å²) in [7, 11) is 0. The molecular formula is C21H27N3O3. The molecule has 6 heteroatoms. The number of oxazole rings is 1. The smallest absolute Gasteiger partial charge is 0.313 e. The van der Waals surface area contributed by atoms with Gasteiger partial charge in [0.1, 0.15) is 5.52 Å². The Labute approximate surface area is 159 Å². The number of anilines is 1. The van der Waals surface area contributed by atoms with Gasteiger partial charge in [0.05, 0.1) is 0 Å². The number of hydrogen-bond donors (Lipinski definition) is 1. The molecular weight excluding hydrogens is 342 g/mol. The van der Waals surface area contributed by atoms with E-state index >= 15 is 0 Å². The van der Waals surface area contributed by atoms with Crippen molar-refractivity contribution in [2.24, 2.45) is 5.92 Å². The van der Waals surface area contributed by atoms with Crippen molar-refractivity contribution < 1.29 is 14.0 Å². The number of fused-ring (bicyclic) bond motifs is 1. The van der Waals surface area contributed by atoms with Crippen LogP contribution in [0.5, 0.6) is 0 Å². The number of likely N-dealkylation sites (tertiary alicyclic amines) is 1. The Morgan fingerprint density at radius 1 is 1.22 bits per heavy atom. The molecule has 1 atom stereocenters. The van der Waals surface area contributed by atoms with E-state index in [2.05, 4.69) is 17.2 Å². The summed E-state index contributed by atoms with van der Waals surface area (Å²) >= 11 is 0. The lowest BCUT2D eigenvalue weighted by molar-refractivity contribution is -0.143. The Bertz CT molecular complexity index is 840. The molecule has 1 aliphatic carbocycles. The normalized spacial score (nSPS) is 20.5. The SMILES string of the molecule is CCCC1CCCN(C(=O)C(=O)Nc2ccc3oc(C4CC4)nc3c2)CC1. The second-order valence-electron chi connectivity index (χ2n) is 7.84. The molecule has 1 N–H and O–H groups in total. The van der Waals surface area contributed by atoms with Gasteiger partial charge in [0.2, 0.25) is 0 Å². The Morgan fingerprint density at radius 2 is 2.07 bits per heavy atom. The second kappa shape index (κ2) is 7.71. The average molecular weight is 369 g/mol. The van der Waals surface area contributed by atoms with Gasteiger partial charge in [-0.2, -0.15) is 0 Å². The Hall–Kier alpha value is -2.37. The van der Waals surface area contributed by atoms with Crippen molar-refractivity contribution in [3.63, 3.8) is 0 Å². The number of carbonyl (C=O) groups excluding carboxylic acids is 2. The van der Waals surface area contributed by atoms with Gasteiger partial charge in [0, 0.05) is 24.7 Å². The van der Waals surface area contributed by atoms with Gasteiger partial charge in [-0.25, -0.2) is 4.98 Å². The van der Waals surface area contributed by atoms with Gasteiger partial charge in [-0.3, -0.25) is 9.59 Å². The number of rotatable bonds is 4. The highest BCUT2D eigenvalue weighted by Gasteiger charge is 2.29. The Morgan fingerprint density at radius 3 is 2.85 bits per heavy atom. The van der Waals surface area contributed by atoms with Crippen molar-refractivity contribution in [2.75, 3.05) is 18.4 Å². The average Bonchev–Trinajstić information content (AvgIpc) is 3.46. The van der Waals surface area contributed by atoms with Crippen LogP contribution in [0.15, 0.2) is 22.6 Å². The van der Waals surface area contributed by atoms with Crippen molar-refractivity contribution in [1.29, 1.82) is 0 Å². The van der Waals surface area contributed by atoms with Crippen molar-refractivity contribution in [3.05, 3.63) is 24.1 Å². The minimum Gasteiger partial charge on any atom is -0.440 e. The first-order valence-corrected chi connectivity index (χ1v) is 10.1. The van der Waals surface area contributed by atoms with E-state index in [9.17, 15) is 9.59 Å². The topological polar surface area (TPSA) is 75.4 Å². The number of amides is 2. The number of aromatic nitrogens is 1. The molecule has 4 rings (SSSR count). The van der Waals surface area contributed by atoms with Crippen LogP contribution in [0.4, 0.5) is 5.69 Å². The molecule has 0 bridgehead atoms. The summed E-state index contributed by atoms with van der Waals surface area (Å²) in [6, 6.07) is 5.33. The zero-order valence-electron chi connectivity index (χ0n) is 15.9. The van der Waals surface area contributed by atoms with Crippen LogP contribution in [0, 0.1) is 5.92 Å². The van der Waals surface area contributed by atoms with Crippen molar-refractivity contribution in [2.45, 2.75) is 57.8 Å². The molecule has 2 fully saturated rings. The van der Waals surface area contributed by atoms with Gasteiger partial charge in [-0.15, -0.1) is 0 Å². The van der Waals surface area contributed by atoms with Crippen LogP contribution in [-0.2, 0) is 9.59 Å². The van der Waals surface area contributed by atoms with Gasteiger partial charge in [0.25, 0.3) is 0 Å². The molecule has 1 saturated heterocycles. The van der Waals surface area contributed by atoms with Crippen molar-refractivity contribution in [1.82, 2.24) is 9.88 Å². The number of hydrogen-bond acceptors (Lipinski definition) is 4. The van der Waals surface area contributed by atoms with E-state index in [-0.39, 0.29) is 0 Å². The fourth-order valence-corrected chi connectivity index (χ4v) is 3.92. The van der Waals surface area contributed by atoms with Crippen LogP contribution in [0.3, 0.4) is 0 Å². The monoisotopic (exact) mass is 369 g/mol. The highest BCUT2D eigenvalue weighted by molar-refractivity contribution is 6.39. The van der Waals surface area contributed by atoms with Gasteiger partial charge in [-0.1, -0.05) is 19.8 Å². The fourth-order valence-electron chi connectivity index (χ4n) is 3.92. The molecule has 2 amide bonds. The third-order valence-electron chi connectivity index (χ3n) is 5.61. The Kier molecular flexibility index (Phi) is 5.14. The standard InChI is InChI=1S/C21H27N3O3/c1-2-4-14-5-3-11-24(12-10-14)21(26)19(25)22-16-8-9-18-17(13-16)23-20(27-18)15-6-7-15/h8-9,13-15H,2-7,10-12H2,1H3,(H,22,25). The molecule has 0 spiro atoms. The van der Waals surface area contributed by atoms with E-state index in [1.807, 2.05) is 0 Å². The highest BCUT2D eigenvalue weighted by Crippen LogP contribution is 2.40. The minimum atomic E-state index is -0.575. The molecule has 1 aromatic carbocycles. The molecule has 6 nitrogen and oxygen atoms in total. The molecule has 2 aliphatic rings. The van der Waals surface area contributed by atoms with Crippen molar-refractivity contribution in [3.8, 4) is 0 Å². The lowest BCUT2D eigenvalue weighted by Gasteiger charge is -2.20. The summed E-state index contributed by atoms with van der Waals surface area (Å²) in [5.41, 5.74) is 2.02. The van der Waals surface area contributed by atoms with Crippen LogP contribution < -0.4 is 5.32 Å². The summed E-state index contributed by atoms with van der Waals surface area (Å²) in [6.07, 6.45) is 7.73. The molecule has 0 radical (unpaired) electrons. The molecule has 1 aromatic heterocycles. The fraction of sp³-hybridized carbons (Fsp3) is 0.571. The number of benzene rings is 1. The van der Waals surface area contributed by atoms with Crippen LogP contribution in [0.25, 0.3) is 11.1 Å². The first kappa shape index (κ1) is 18.0. The summed E-state index contributed by atoms with van der Waals surface area (Å²) in [4.78, 5) is 31.2. The van der Waals surface area contributed by atoms with E-state index < -0.39 is 11.8 Å². The van der Waals surface area contributed by atoms with E-state index in [1.54, 1.807) is 23.1 Å². The van der Waals surface area contributed by atoms with Gasteiger partial charge in [0.15, 0.2) is 11.5 Å². The van der Waals surface area contributed by atoms with Crippen molar-refractivity contribution >= 4 is 28.6 Å². The molecule has 144 valence electrons.